The van der Waals surface area contributed by atoms with Gasteiger partial charge in [-0.05, 0) is 74.8 Å². The molecule has 1 atom stereocenters. The highest BCUT2D eigenvalue weighted by molar-refractivity contribution is 5.52. The zero-order valence-electron chi connectivity index (χ0n) is 17.5. The third-order valence-corrected chi connectivity index (χ3v) is 4.99. The molecule has 2 aromatic rings. The van der Waals surface area contributed by atoms with Gasteiger partial charge in [-0.3, -0.25) is 0 Å². The van der Waals surface area contributed by atoms with Crippen molar-refractivity contribution in [2.24, 2.45) is 0 Å². The smallest absolute Gasteiger partial charge is 0.161 e. The van der Waals surface area contributed by atoms with Gasteiger partial charge >= 0.3 is 0 Å². The molecule has 1 heterocycles. The molecule has 1 aliphatic rings. The Morgan fingerprint density at radius 2 is 1.96 bits per heavy atom. The summed E-state index contributed by atoms with van der Waals surface area (Å²) in [7, 11) is 5.86. The van der Waals surface area contributed by atoms with Crippen molar-refractivity contribution in [3.8, 4) is 17.2 Å². The van der Waals surface area contributed by atoms with Crippen LogP contribution < -0.4 is 19.5 Å². The number of fused-ring (bicyclic) bond motifs is 1. The van der Waals surface area contributed by atoms with Crippen LogP contribution in [0.1, 0.15) is 36.1 Å². The Hall–Kier alpha value is -2.24. The molecule has 0 aliphatic carbocycles. The summed E-state index contributed by atoms with van der Waals surface area (Å²) in [6.45, 7) is 5.28. The summed E-state index contributed by atoms with van der Waals surface area (Å²) in [5.41, 5.74) is 3.77. The molecule has 0 spiro atoms. The number of rotatable bonds is 9. The van der Waals surface area contributed by atoms with E-state index in [0.29, 0.717) is 13.2 Å². The minimum absolute atomic E-state index is 0.124. The Bertz CT molecular complexity index is 776. The molecule has 0 fully saturated rings. The first-order valence-corrected chi connectivity index (χ1v) is 10.1. The highest BCUT2D eigenvalue weighted by Gasteiger charge is 2.24. The molecule has 1 aliphatic heterocycles. The van der Waals surface area contributed by atoms with E-state index < -0.39 is 0 Å². The van der Waals surface area contributed by atoms with Gasteiger partial charge in [0.25, 0.3) is 0 Å². The molecule has 1 unspecified atom stereocenters. The topological polar surface area (TPSA) is 43.0 Å². The van der Waals surface area contributed by atoms with Gasteiger partial charge in [0.15, 0.2) is 11.5 Å². The summed E-state index contributed by atoms with van der Waals surface area (Å²) in [5, 5.41) is 3.65. The molecule has 3 rings (SSSR count). The molecule has 1 N–H and O–H groups in total. The lowest BCUT2D eigenvalue weighted by Gasteiger charge is -2.29. The standard InChI is InChI=1S/C23H32N2O3/c1-5-27-19-9-6-8-18(14-19)23-20-16-22(28-13-7-12-25(2)3)21(26-4)15-17(20)10-11-24-23/h6,8-9,14-16,23-24H,5,7,10-13H2,1-4H3. The number of nitrogens with one attached hydrogen (secondary N) is 1. The van der Waals surface area contributed by atoms with Crippen molar-refractivity contribution in [1.29, 1.82) is 0 Å². The number of benzene rings is 2. The van der Waals surface area contributed by atoms with Gasteiger partial charge in [-0.15, -0.1) is 0 Å². The molecule has 5 heteroatoms. The van der Waals surface area contributed by atoms with Gasteiger partial charge in [-0.1, -0.05) is 12.1 Å². The summed E-state index contributed by atoms with van der Waals surface area (Å²) in [6.07, 6.45) is 1.96. The Balaban J connectivity index is 1.86. The van der Waals surface area contributed by atoms with E-state index in [1.54, 1.807) is 7.11 Å². The predicted octanol–water partition coefficient (Wildman–Crippen LogP) is 3.66. The average molecular weight is 385 g/mol. The monoisotopic (exact) mass is 384 g/mol. The molecule has 28 heavy (non-hydrogen) atoms. The molecular formula is C23H32N2O3. The lowest BCUT2D eigenvalue weighted by Crippen LogP contribution is -2.30. The summed E-state index contributed by atoms with van der Waals surface area (Å²) >= 11 is 0. The number of hydrogen-bond acceptors (Lipinski definition) is 5. The number of ether oxygens (including phenoxy) is 3. The van der Waals surface area contributed by atoms with Crippen LogP contribution in [0.25, 0.3) is 0 Å². The van der Waals surface area contributed by atoms with Crippen LogP contribution in [0.2, 0.25) is 0 Å². The van der Waals surface area contributed by atoms with E-state index in [1.165, 1.54) is 16.7 Å². The van der Waals surface area contributed by atoms with Crippen molar-refractivity contribution < 1.29 is 14.2 Å². The van der Waals surface area contributed by atoms with Gasteiger partial charge in [0.2, 0.25) is 0 Å². The fraction of sp³-hybridized carbons (Fsp3) is 0.478. The van der Waals surface area contributed by atoms with E-state index in [2.05, 4.69) is 54.6 Å². The van der Waals surface area contributed by atoms with Crippen LogP contribution in [0.15, 0.2) is 36.4 Å². The lowest BCUT2D eigenvalue weighted by atomic mass is 9.89. The van der Waals surface area contributed by atoms with Crippen LogP contribution in [-0.4, -0.2) is 52.4 Å². The quantitative estimate of drug-likeness (QED) is 0.669. The van der Waals surface area contributed by atoms with Crippen molar-refractivity contribution in [3.63, 3.8) is 0 Å². The highest BCUT2D eigenvalue weighted by atomic mass is 16.5. The van der Waals surface area contributed by atoms with Gasteiger partial charge < -0.3 is 24.4 Å². The van der Waals surface area contributed by atoms with Crippen molar-refractivity contribution in [1.82, 2.24) is 10.2 Å². The van der Waals surface area contributed by atoms with Crippen LogP contribution in [0.4, 0.5) is 0 Å². The fourth-order valence-electron chi connectivity index (χ4n) is 3.65. The fourth-order valence-corrected chi connectivity index (χ4v) is 3.65. The maximum absolute atomic E-state index is 6.09. The second-order valence-electron chi connectivity index (χ2n) is 7.35. The SMILES string of the molecule is CCOc1cccc(C2NCCc3cc(OC)c(OCCCN(C)C)cc32)c1. The van der Waals surface area contributed by atoms with Gasteiger partial charge in [0.05, 0.1) is 26.4 Å². The third-order valence-electron chi connectivity index (χ3n) is 4.99. The number of nitrogens with zero attached hydrogens (tertiary/aromatic N) is 1. The largest absolute Gasteiger partial charge is 0.494 e. The van der Waals surface area contributed by atoms with Gasteiger partial charge in [-0.25, -0.2) is 0 Å². The number of hydrogen-bond donors (Lipinski definition) is 1. The van der Waals surface area contributed by atoms with Crippen LogP contribution >= 0.6 is 0 Å². The molecule has 2 aromatic carbocycles. The van der Waals surface area contributed by atoms with E-state index >= 15 is 0 Å². The Labute approximate surface area is 168 Å². The van der Waals surface area contributed by atoms with Crippen molar-refractivity contribution in [3.05, 3.63) is 53.1 Å². The summed E-state index contributed by atoms with van der Waals surface area (Å²) < 4.78 is 17.4. The Morgan fingerprint density at radius 1 is 1.11 bits per heavy atom. The Kier molecular flexibility index (Phi) is 7.18. The van der Waals surface area contributed by atoms with E-state index in [4.69, 9.17) is 14.2 Å². The average Bonchev–Trinajstić information content (AvgIpc) is 2.70. The van der Waals surface area contributed by atoms with Crippen molar-refractivity contribution in [2.45, 2.75) is 25.8 Å². The first kappa shape index (κ1) is 20.5. The van der Waals surface area contributed by atoms with Gasteiger partial charge in [-0.2, -0.15) is 0 Å². The zero-order chi connectivity index (χ0) is 19.9. The van der Waals surface area contributed by atoms with Crippen LogP contribution in [0.3, 0.4) is 0 Å². The van der Waals surface area contributed by atoms with Gasteiger partial charge in [0, 0.05) is 13.1 Å². The molecule has 0 saturated heterocycles. The molecule has 0 radical (unpaired) electrons. The van der Waals surface area contributed by atoms with Crippen LogP contribution in [0.5, 0.6) is 17.2 Å². The highest BCUT2D eigenvalue weighted by Crippen LogP contribution is 2.38. The lowest BCUT2D eigenvalue weighted by molar-refractivity contribution is 0.267. The van der Waals surface area contributed by atoms with Crippen molar-refractivity contribution in [2.75, 3.05) is 47.5 Å². The molecule has 5 nitrogen and oxygen atoms in total. The third kappa shape index (κ3) is 4.97. The van der Waals surface area contributed by atoms with E-state index in [9.17, 15) is 0 Å². The molecule has 152 valence electrons. The Morgan fingerprint density at radius 3 is 2.71 bits per heavy atom. The summed E-state index contributed by atoms with van der Waals surface area (Å²) in [6, 6.07) is 12.7. The van der Waals surface area contributed by atoms with Crippen molar-refractivity contribution >= 4 is 0 Å². The summed E-state index contributed by atoms with van der Waals surface area (Å²) in [4.78, 5) is 2.17. The predicted molar refractivity (Wildman–Crippen MR) is 113 cm³/mol. The maximum Gasteiger partial charge on any atom is 0.161 e. The molecule has 0 saturated carbocycles. The molecule has 0 amide bonds. The summed E-state index contributed by atoms with van der Waals surface area (Å²) in [5.74, 6) is 2.53. The minimum Gasteiger partial charge on any atom is -0.494 e. The van der Waals surface area contributed by atoms with E-state index in [-0.39, 0.29) is 6.04 Å². The second kappa shape index (κ2) is 9.80. The minimum atomic E-state index is 0.124. The molecule has 0 bridgehead atoms. The van der Waals surface area contributed by atoms with Gasteiger partial charge in [0.1, 0.15) is 5.75 Å². The van der Waals surface area contributed by atoms with E-state index in [1.807, 2.05) is 13.0 Å². The van der Waals surface area contributed by atoms with Crippen LogP contribution in [0, 0.1) is 0 Å². The first-order valence-electron chi connectivity index (χ1n) is 10.1. The van der Waals surface area contributed by atoms with E-state index in [0.717, 1.165) is 43.2 Å². The zero-order valence-corrected chi connectivity index (χ0v) is 17.5. The van der Waals surface area contributed by atoms with Crippen LogP contribution in [-0.2, 0) is 6.42 Å². The maximum atomic E-state index is 6.09. The second-order valence-corrected chi connectivity index (χ2v) is 7.35. The molecule has 0 aromatic heterocycles. The first-order chi connectivity index (χ1) is 13.6. The number of methoxy groups -OCH3 is 1. The normalized spacial score (nSPS) is 16.0. The molecular weight excluding hydrogens is 352 g/mol.